The van der Waals surface area contributed by atoms with Crippen LogP contribution in [-0.2, 0) is 11.3 Å². The molecule has 0 atom stereocenters. The van der Waals surface area contributed by atoms with Crippen LogP contribution in [0.4, 0.5) is 5.69 Å². The minimum atomic E-state index is -0.611. The highest BCUT2D eigenvalue weighted by Crippen LogP contribution is 2.20. The van der Waals surface area contributed by atoms with Gasteiger partial charge in [0.15, 0.2) is 0 Å². The molecule has 2 aromatic carbocycles. The number of rotatable bonds is 3. The number of nitrogens with zero attached hydrogens (tertiary/aromatic N) is 1. The van der Waals surface area contributed by atoms with Crippen molar-refractivity contribution in [1.29, 1.82) is 0 Å². The number of para-hydroxylation sites is 1. The third kappa shape index (κ3) is 3.16. The number of amides is 1. The van der Waals surface area contributed by atoms with E-state index in [1.54, 1.807) is 30.3 Å². The van der Waals surface area contributed by atoms with Crippen molar-refractivity contribution in [3.8, 4) is 0 Å². The van der Waals surface area contributed by atoms with Gasteiger partial charge in [-0.15, -0.1) is 0 Å². The Kier molecular flexibility index (Phi) is 4.35. The van der Waals surface area contributed by atoms with E-state index in [0.717, 1.165) is 14.6 Å². The third-order valence-electron chi connectivity index (χ3n) is 3.66. The number of carbonyl (C=O) groups excluding carboxylic acids is 1. The Bertz CT molecular complexity index is 1050. The average molecular weight is 388 g/mol. The molecule has 6 nitrogen and oxygen atoms in total. The second kappa shape index (κ2) is 6.45. The number of hydrogen-bond donors (Lipinski definition) is 2. The van der Waals surface area contributed by atoms with Crippen LogP contribution >= 0.6 is 15.9 Å². The number of hydrogen-bond acceptors (Lipinski definition) is 3. The SMILES string of the molecule is Cc1ccc(Br)cc1NC(=O)Cn1c(=O)[nH]c2ccccc2c1=O. The fourth-order valence-corrected chi connectivity index (χ4v) is 2.77. The first-order chi connectivity index (χ1) is 11.5. The van der Waals surface area contributed by atoms with Gasteiger partial charge < -0.3 is 10.3 Å². The maximum Gasteiger partial charge on any atom is 0.329 e. The maximum absolute atomic E-state index is 12.4. The molecular formula is C17H14BrN3O3. The van der Waals surface area contributed by atoms with Gasteiger partial charge in [0.05, 0.1) is 10.9 Å². The number of aromatic amines is 1. The van der Waals surface area contributed by atoms with E-state index in [9.17, 15) is 14.4 Å². The van der Waals surface area contributed by atoms with Crippen molar-refractivity contribution in [1.82, 2.24) is 9.55 Å². The van der Waals surface area contributed by atoms with Gasteiger partial charge in [-0.3, -0.25) is 14.2 Å². The van der Waals surface area contributed by atoms with Crippen molar-refractivity contribution in [2.24, 2.45) is 0 Å². The van der Waals surface area contributed by atoms with Crippen molar-refractivity contribution in [3.05, 3.63) is 73.3 Å². The van der Waals surface area contributed by atoms with Crippen LogP contribution in [0.25, 0.3) is 10.9 Å². The molecule has 0 saturated heterocycles. The first-order valence-electron chi connectivity index (χ1n) is 7.23. The number of aromatic nitrogens is 2. The average Bonchev–Trinajstić information content (AvgIpc) is 2.55. The topological polar surface area (TPSA) is 84.0 Å². The molecule has 24 heavy (non-hydrogen) atoms. The highest BCUT2D eigenvalue weighted by Gasteiger charge is 2.12. The molecule has 1 heterocycles. The van der Waals surface area contributed by atoms with Gasteiger partial charge in [0.2, 0.25) is 5.91 Å². The Balaban J connectivity index is 1.92. The standard InChI is InChI=1S/C17H14BrN3O3/c1-10-6-7-11(18)8-14(10)19-15(22)9-21-16(23)12-4-2-3-5-13(12)20-17(21)24/h2-8H,9H2,1H3,(H,19,22)(H,20,24). The van der Waals surface area contributed by atoms with Gasteiger partial charge in [-0.05, 0) is 36.8 Å². The van der Waals surface area contributed by atoms with Gasteiger partial charge in [0.1, 0.15) is 6.54 Å². The summed E-state index contributed by atoms with van der Waals surface area (Å²) >= 11 is 3.34. The number of benzene rings is 2. The number of aryl methyl sites for hydroxylation is 1. The van der Waals surface area contributed by atoms with E-state index >= 15 is 0 Å². The molecule has 7 heteroatoms. The number of nitrogens with one attached hydrogen (secondary N) is 2. The summed E-state index contributed by atoms with van der Waals surface area (Å²) < 4.78 is 1.72. The van der Waals surface area contributed by atoms with Crippen LogP contribution in [0.3, 0.4) is 0 Å². The molecule has 0 saturated carbocycles. The molecule has 0 spiro atoms. The lowest BCUT2D eigenvalue weighted by molar-refractivity contribution is -0.116. The van der Waals surface area contributed by atoms with Crippen molar-refractivity contribution in [3.63, 3.8) is 0 Å². The second-order valence-electron chi connectivity index (χ2n) is 5.37. The van der Waals surface area contributed by atoms with Gasteiger partial charge in [-0.25, -0.2) is 4.79 Å². The van der Waals surface area contributed by atoms with E-state index in [1.807, 2.05) is 19.1 Å². The van der Waals surface area contributed by atoms with E-state index in [0.29, 0.717) is 16.6 Å². The maximum atomic E-state index is 12.4. The second-order valence-corrected chi connectivity index (χ2v) is 6.29. The Labute approximate surface area is 145 Å². The summed E-state index contributed by atoms with van der Waals surface area (Å²) in [6.45, 7) is 1.50. The van der Waals surface area contributed by atoms with Crippen LogP contribution in [0.2, 0.25) is 0 Å². The summed E-state index contributed by atoms with van der Waals surface area (Å²) in [5.74, 6) is -0.445. The van der Waals surface area contributed by atoms with Crippen LogP contribution in [0, 0.1) is 6.92 Å². The summed E-state index contributed by atoms with van der Waals surface area (Å²) in [6, 6.07) is 12.2. The molecule has 0 aliphatic carbocycles. The molecule has 0 aliphatic heterocycles. The zero-order chi connectivity index (χ0) is 17.3. The Morgan fingerprint density at radius 3 is 2.75 bits per heavy atom. The molecule has 0 unspecified atom stereocenters. The molecule has 122 valence electrons. The van der Waals surface area contributed by atoms with Crippen LogP contribution < -0.4 is 16.6 Å². The normalized spacial score (nSPS) is 10.8. The molecule has 0 bridgehead atoms. The first-order valence-corrected chi connectivity index (χ1v) is 8.03. The summed E-state index contributed by atoms with van der Waals surface area (Å²) in [6.07, 6.45) is 0. The van der Waals surface area contributed by atoms with Gasteiger partial charge in [0.25, 0.3) is 5.56 Å². The van der Waals surface area contributed by atoms with E-state index in [-0.39, 0.29) is 6.54 Å². The summed E-state index contributed by atoms with van der Waals surface area (Å²) in [5, 5.41) is 3.08. The zero-order valence-electron chi connectivity index (χ0n) is 12.8. The van der Waals surface area contributed by atoms with Gasteiger partial charge >= 0.3 is 5.69 Å². The van der Waals surface area contributed by atoms with Crippen molar-refractivity contribution < 1.29 is 4.79 Å². The number of carbonyl (C=O) groups is 1. The first kappa shape index (κ1) is 16.2. The molecule has 1 aromatic heterocycles. The van der Waals surface area contributed by atoms with Crippen LogP contribution in [0.15, 0.2) is 56.5 Å². The summed E-state index contributed by atoms with van der Waals surface area (Å²) in [7, 11) is 0. The predicted molar refractivity (Wildman–Crippen MR) is 96.3 cm³/mol. The summed E-state index contributed by atoms with van der Waals surface area (Å²) in [4.78, 5) is 39.4. The van der Waals surface area contributed by atoms with Gasteiger partial charge in [-0.2, -0.15) is 0 Å². The molecule has 0 fully saturated rings. The highest BCUT2D eigenvalue weighted by atomic mass is 79.9. The number of H-pyrrole nitrogens is 1. The van der Waals surface area contributed by atoms with Crippen LogP contribution in [0.1, 0.15) is 5.56 Å². The zero-order valence-corrected chi connectivity index (χ0v) is 14.4. The minimum absolute atomic E-state index is 0.356. The van der Waals surface area contributed by atoms with Crippen molar-refractivity contribution in [2.75, 3.05) is 5.32 Å². The smallest absolute Gasteiger partial charge is 0.324 e. The van der Waals surface area contributed by atoms with E-state index in [1.165, 1.54) is 0 Å². The highest BCUT2D eigenvalue weighted by molar-refractivity contribution is 9.10. The fraction of sp³-hybridized carbons (Fsp3) is 0.118. The quantitative estimate of drug-likeness (QED) is 0.723. The molecule has 2 N–H and O–H groups in total. The largest absolute Gasteiger partial charge is 0.329 e. The molecule has 0 aliphatic rings. The third-order valence-corrected chi connectivity index (χ3v) is 4.16. The molecule has 3 aromatic rings. The van der Waals surface area contributed by atoms with E-state index < -0.39 is 17.2 Å². The monoisotopic (exact) mass is 387 g/mol. The Hall–Kier alpha value is -2.67. The minimum Gasteiger partial charge on any atom is -0.324 e. The molecular weight excluding hydrogens is 374 g/mol. The van der Waals surface area contributed by atoms with Gasteiger partial charge in [-0.1, -0.05) is 34.1 Å². The fourth-order valence-electron chi connectivity index (χ4n) is 2.40. The number of halogens is 1. The predicted octanol–water partition coefficient (Wildman–Crippen LogP) is 2.40. The van der Waals surface area contributed by atoms with Gasteiger partial charge in [0, 0.05) is 10.2 Å². The molecule has 3 rings (SSSR count). The van der Waals surface area contributed by atoms with Crippen LogP contribution in [-0.4, -0.2) is 15.5 Å². The van der Waals surface area contributed by atoms with E-state index in [4.69, 9.17) is 0 Å². The van der Waals surface area contributed by atoms with Crippen LogP contribution in [0.5, 0.6) is 0 Å². The Morgan fingerprint density at radius 1 is 1.21 bits per heavy atom. The number of fused-ring (bicyclic) bond motifs is 1. The summed E-state index contributed by atoms with van der Waals surface area (Å²) in [5.41, 5.74) is 0.855. The Morgan fingerprint density at radius 2 is 1.96 bits per heavy atom. The molecule has 0 radical (unpaired) electrons. The van der Waals surface area contributed by atoms with Crippen molar-refractivity contribution in [2.45, 2.75) is 13.5 Å². The lowest BCUT2D eigenvalue weighted by Gasteiger charge is -2.10. The van der Waals surface area contributed by atoms with Crippen molar-refractivity contribution >= 4 is 38.4 Å². The van der Waals surface area contributed by atoms with E-state index in [2.05, 4.69) is 26.2 Å². The number of anilines is 1. The lowest BCUT2D eigenvalue weighted by atomic mass is 10.2. The molecule has 1 amide bonds. The lowest BCUT2D eigenvalue weighted by Crippen LogP contribution is -2.38.